The number of rotatable bonds is 3. The monoisotopic (exact) mass is 276 g/mol. The molecule has 0 heterocycles. The van der Waals surface area contributed by atoms with Crippen LogP contribution >= 0.6 is 0 Å². The third kappa shape index (κ3) is 2.65. The molecule has 0 N–H and O–H groups in total. The maximum Gasteiger partial charge on any atom is 0.277 e. The first-order chi connectivity index (χ1) is 10.3. The Balaban J connectivity index is 2.10. The van der Waals surface area contributed by atoms with Crippen LogP contribution in [0.1, 0.15) is 5.56 Å². The van der Waals surface area contributed by atoms with Crippen molar-refractivity contribution in [2.75, 3.05) is 0 Å². The Morgan fingerprint density at radius 3 is 2.24 bits per heavy atom. The van der Waals surface area contributed by atoms with Crippen molar-refractivity contribution < 1.29 is 4.92 Å². The van der Waals surface area contributed by atoms with Gasteiger partial charge in [-0.15, -0.1) is 0 Å². The number of non-ortho nitro benzene ring substituents is 1. The molecule has 0 aliphatic rings. The Labute approximate surface area is 121 Å². The standard InChI is InChI=1S/C17H12N2O2/c20-19(21)17-11-10-16(14-8-4-5-9-15(14)17)18-12-13-6-2-1-3-7-13/h1-12H. The summed E-state index contributed by atoms with van der Waals surface area (Å²) >= 11 is 0. The summed E-state index contributed by atoms with van der Waals surface area (Å²) in [5.74, 6) is 0. The van der Waals surface area contributed by atoms with Crippen molar-refractivity contribution in [1.82, 2.24) is 0 Å². The van der Waals surface area contributed by atoms with Crippen LogP contribution in [0.4, 0.5) is 11.4 Å². The van der Waals surface area contributed by atoms with E-state index in [1.807, 2.05) is 42.5 Å². The highest BCUT2D eigenvalue weighted by Gasteiger charge is 2.12. The molecule has 3 rings (SSSR count). The van der Waals surface area contributed by atoms with Crippen LogP contribution in [0, 0.1) is 10.1 Å². The summed E-state index contributed by atoms with van der Waals surface area (Å²) in [7, 11) is 0. The maximum absolute atomic E-state index is 11.1. The van der Waals surface area contributed by atoms with Crippen LogP contribution in [0.3, 0.4) is 0 Å². The minimum absolute atomic E-state index is 0.101. The van der Waals surface area contributed by atoms with E-state index in [1.54, 1.807) is 24.4 Å². The number of fused-ring (bicyclic) bond motifs is 1. The molecule has 3 aromatic rings. The van der Waals surface area contributed by atoms with Gasteiger partial charge in [0.05, 0.1) is 16.0 Å². The van der Waals surface area contributed by atoms with Crippen LogP contribution in [0.2, 0.25) is 0 Å². The van der Waals surface area contributed by atoms with Gasteiger partial charge in [-0.3, -0.25) is 15.1 Å². The zero-order chi connectivity index (χ0) is 14.7. The molecule has 0 aliphatic carbocycles. The number of nitrogens with zero attached hydrogens (tertiary/aromatic N) is 2. The first kappa shape index (κ1) is 13.0. The molecule has 21 heavy (non-hydrogen) atoms. The number of hydrogen-bond donors (Lipinski definition) is 0. The Hall–Kier alpha value is -3.01. The smallest absolute Gasteiger partial charge is 0.258 e. The summed E-state index contributed by atoms with van der Waals surface area (Å²) in [6, 6.07) is 20.2. The first-order valence-electron chi connectivity index (χ1n) is 6.51. The zero-order valence-electron chi connectivity index (χ0n) is 11.1. The summed E-state index contributed by atoms with van der Waals surface area (Å²) in [6.45, 7) is 0. The highest BCUT2D eigenvalue weighted by molar-refractivity contribution is 6.00. The van der Waals surface area contributed by atoms with Crippen LogP contribution in [-0.2, 0) is 0 Å². The molecule has 3 aromatic carbocycles. The predicted molar refractivity (Wildman–Crippen MR) is 84.3 cm³/mol. The van der Waals surface area contributed by atoms with E-state index in [2.05, 4.69) is 4.99 Å². The third-order valence-electron chi connectivity index (χ3n) is 3.23. The molecular formula is C17H12N2O2. The second-order valence-electron chi connectivity index (χ2n) is 4.58. The molecule has 0 aliphatic heterocycles. The highest BCUT2D eigenvalue weighted by atomic mass is 16.6. The lowest BCUT2D eigenvalue weighted by atomic mass is 10.1. The number of hydrogen-bond acceptors (Lipinski definition) is 3. The second-order valence-corrected chi connectivity index (χ2v) is 4.58. The largest absolute Gasteiger partial charge is 0.277 e. The van der Waals surface area contributed by atoms with Crippen molar-refractivity contribution in [2.45, 2.75) is 0 Å². The Bertz CT molecular complexity index is 827. The molecule has 0 radical (unpaired) electrons. The molecule has 0 unspecified atom stereocenters. The third-order valence-corrected chi connectivity index (χ3v) is 3.23. The molecule has 4 heteroatoms. The lowest BCUT2D eigenvalue weighted by Crippen LogP contribution is -1.89. The van der Waals surface area contributed by atoms with E-state index in [0.717, 1.165) is 16.6 Å². The Morgan fingerprint density at radius 1 is 0.857 bits per heavy atom. The molecule has 0 aromatic heterocycles. The average molecular weight is 276 g/mol. The van der Waals surface area contributed by atoms with Gasteiger partial charge < -0.3 is 0 Å². The molecule has 102 valence electrons. The summed E-state index contributed by atoms with van der Waals surface area (Å²) < 4.78 is 0. The van der Waals surface area contributed by atoms with E-state index < -0.39 is 0 Å². The van der Waals surface area contributed by atoms with E-state index in [1.165, 1.54) is 6.07 Å². The second kappa shape index (κ2) is 5.54. The number of nitro benzene ring substituents is 1. The van der Waals surface area contributed by atoms with Crippen LogP contribution in [0.15, 0.2) is 71.7 Å². The van der Waals surface area contributed by atoms with Crippen molar-refractivity contribution in [3.63, 3.8) is 0 Å². The van der Waals surface area contributed by atoms with E-state index in [0.29, 0.717) is 5.39 Å². The quantitative estimate of drug-likeness (QED) is 0.402. The van der Waals surface area contributed by atoms with Gasteiger partial charge in [-0.05, 0) is 17.7 Å². The molecule has 0 saturated carbocycles. The minimum Gasteiger partial charge on any atom is -0.258 e. The SMILES string of the molecule is O=[N+]([O-])c1ccc(N=Cc2ccccc2)c2ccccc12. The fraction of sp³-hybridized carbons (Fsp3) is 0. The van der Waals surface area contributed by atoms with Crippen LogP contribution in [-0.4, -0.2) is 11.1 Å². The molecule has 0 atom stereocenters. The van der Waals surface area contributed by atoms with Gasteiger partial charge in [0.15, 0.2) is 0 Å². The fourth-order valence-corrected chi connectivity index (χ4v) is 2.22. The molecule has 0 saturated heterocycles. The van der Waals surface area contributed by atoms with Crippen molar-refractivity contribution in [3.8, 4) is 0 Å². The maximum atomic E-state index is 11.1. The van der Waals surface area contributed by atoms with Crippen LogP contribution in [0.5, 0.6) is 0 Å². The molecule has 0 fully saturated rings. The van der Waals surface area contributed by atoms with Gasteiger partial charge in [-0.2, -0.15) is 0 Å². The number of nitro groups is 1. The van der Waals surface area contributed by atoms with Crippen LogP contribution in [0.25, 0.3) is 10.8 Å². The molecule has 0 spiro atoms. The van der Waals surface area contributed by atoms with Gasteiger partial charge in [0.25, 0.3) is 5.69 Å². The van der Waals surface area contributed by atoms with Gasteiger partial charge in [0, 0.05) is 17.7 Å². The van der Waals surface area contributed by atoms with Crippen molar-refractivity contribution in [3.05, 3.63) is 82.4 Å². The van der Waals surface area contributed by atoms with Crippen molar-refractivity contribution >= 4 is 28.4 Å². The minimum atomic E-state index is -0.368. The molecular weight excluding hydrogens is 264 g/mol. The normalized spacial score (nSPS) is 11.0. The van der Waals surface area contributed by atoms with Gasteiger partial charge in [-0.25, -0.2) is 0 Å². The Kier molecular flexibility index (Phi) is 3.43. The molecule has 0 bridgehead atoms. The lowest BCUT2D eigenvalue weighted by Gasteiger charge is -2.03. The number of benzene rings is 3. The molecule has 4 nitrogen and oxygen atoms in total. The lowest BCUT2D eigenvalue weighted by molar-refractivity contribution is -0.383. The van der Waals surface area contributed by atoms with Crippen molar-refractivity contribution in [1.29, 1.82) is 0 Å². The fourth-order valence-electron chi connectivity index (χ4n) is 2.22. The first-order valence-corrected chi connectivity index (χ1v) is 6.51. The topological polar surface area (TPSA) is 55.5 Å². The summed E-state index contributed by atoms with van der Waals surface area (Å²) in [5.41, 5.74) is 1.81. The van der Waals surface area contributed by atoms with Gasteiger partial charge in [0.1, 0.15) is 0 Å². The predicted octanol–water partition coefficient (Wildman–Crippen LogP) is 4.50. The summed E-state index contributed by atoms with van der Waals surface area (Å²) in [4.78, 5) is 15.2. The van der Waals surface area contributed by atoms with Crippen LogP contribution < -0.4 is 0 Å². The van der Waals surface area contributed by atoms with Gasteiger partial charge in [-0.1, -0.05) is 48.5 Å². The zero-order valence-corrected chi connectivity index (χ0v) is 11.1. The average Bonchev–Trinajstić information content (AvgIpc) is 2.53. The van der Waals surface area contributed by atoms with E-state index in [-0.39, 0.29) is 10.6 Å². The highest BCUT2D eigenvalue weighted by Crippen LogP contribution is 2.32. The molecule has 0 amide bonds. The summed E-state index contributed by atoms with van der Waals surface area (Å²) in [5, 5.41) is 12.5. The van der Waals surface area contributed by atoms with E-state index in [4.69, 9.17) is 0 Å². The van der Waals surface area contributed by atoms with E-state index >= 15 is 0 Å². The Morgan fingerprint density at radius 2 is 1.52 bits per heavy atom. The summed E-state index contributed by atoms with van der Waals surface area (Å²) in [6.07, 6.45) is 1.76. The number of aliphatic imine (C=N–C) groups is 1. The van der Waals surface area contributed by atoms with Gasteiger partial charge >= 0.3 is 0 Å². The van der Waals surface area contributed by atoms with E-state index in [9.17, 15) is 10.1 Å². The van der Waals surface area contributed by atoms with Gasteiger partial charge in [0.2, 0.25) is 0 Å². The van der Waals surface area contributed by atoms with Crippen molar-refractivity contribution in [2.24, 2.45) is 4.99 Å².